The van der Waals surface area contributed by atoms with E-state index < -0.39 is 114 Å². The smallest absolute Gasteiger partial charge is 0.410 e. The summed E-state index contributed by atoms with van der Waals surface area (Å²) in [5.74, 6) is -4.90. The average molecular weight is 1670 g/mol. The SMILES string of the molecule is CC[C@H](C)[C@@H]([C@@H](CC(=O)N1CCC[C@H]1[C@H](OC)[C@@H](C)C(=O)NC(Cc1ccccc1)c1nccs1)OC)N(C)C(=O)[C@@H](NC(=O)[C@H](C(C)C)N(C)C(=O)OCc1ccc(NC(=O)[C@H](CCCNC(N)=O)NC(=O)[C@@H](NC(=O)CSCCC(=O)N2CN3CN(C2)C(=O)CCSC2=C/C(=C/C=C\C=C\2)SCCC3=O)C(C)C)cc1)C(C)C. The van der Waals surface area contributed by atoms with Gasteiger partial charge in [0.1, 0.15) is 35.8 Å². The second-order valence-electron chi connectivity index (χ2n) is 30.3. The lowest BCUT2D eigenvalue weighted by Gasteiger charge is -2.42. The Morgan fingerprint density at radius 1 is 0.722 bits per heavy atom. The van der Waals surface area contributed by atoms with Crippen LogP contribution in [0.15, 0.2) is 112 Å². The van der Waals surface area contributed by atoms with Gasteiger partial charge in [-0.15, -0.1) is 34.9 Å². The van der Waals surface area contributed by atoms with E-state index in [-0.39, 0.29) is 125 Å². The standard InChI is InChI=1S/C82H118N14O15S4/c1-14-54(8)73(64(109-12)45-69(101)96-38-22-28-63(96)74(110-13)55(9)75(102)88-62(79-84-37-42-115-79)43-56-23-17-15-18-24-56)91(10)80(106)71(52(4)5)90-78(105)72(53(6)7)92(11)82(108)111-46-57-29-31-58(32-30-57)86-76(103)61(27-21-36-85-81(83)107)87-77(104)70(51(2)3)89-65(97)47-112-39-33-66(98)93-48-94-50-95(49-93)68(100)35-41-114-60-26-20-16-19-25-59(44-60)113-40-34-67(94)99/h15-20,23-26,29-32,37,42,44,51-55,61-64,70-74H,14,21-22,27-28,33-36,38-41,43,45-50H2,1-13H3,(H,86,103)(H,87,104)(H,88,102)(H,89,97)(H,90,105)(H3,83,85,107)/b19-16-,20-16?,25-19?,26-20+,59-25-,59-44?,60-26?,60-44+/t54-,55+,61-,62?,63-,64+,70-,71-,72-,73-,74+/m0/s1. The van der Waals surface area contributed by atoms with Crippen molar-refractivity contribution in [3.8, 4) is 0 Å². The molecule has 4 heterocycles. The molecule has 1 aromatic heterocycles. The first kappa shape index (κ1) is 93.4. The molecule has 3 aromatic rings. The fraction of sp³-hybridized carbons (Fsp3) is 0.573. The molecule has 4 aliphatic rings. The predicted octanol–water partition coefficient (Wildman–Crippen LogP) is 8.56. The molecule has 1 unspecified atom stereocenters. The van der Waals surface area contributed by atoms with Gasteiger partial charge in [0.05, 0.1) is 68.4 Å². The van der Waals surface area contributed by atoms with Gasteiger partial charge in [0.2, 0.25) is 59.1 Å². The molecule has 1 aliphatic carbocycles. The number of amides is 13. The fourth-order valence-electron chi connectivity index (χ4n) is 14.4. The highest BCUT2D eigenvalue weighted by molar-refractivity contribution is 8.04. The number of nitrogens with one attached hydrogen (secondary N) is 6. The van der Waals surface area contributed by atoms with Gasteiger partial charge < -0.3 is 76.3 Å². The lowest BCUT2D eigenvalue weighted by atomic mass is 9.89. The van der Waals surface area contributed by atoms with E-state index in [1.807, 2.05) is 101 Å². The molecule has 2 aromatic carbocycles. The number of allylic oxidation sites excluding steroid dienone is 6. The highest BCUT2D eigenvalue weighted by Crippen LogP contribution is 2.33. The van der Waals surface area contributed by atoms with E-state index in [0.717, 1.165) is 20.4 Å². The van der Waals surface area contributed by atoms with Crippen LogP contribution in [0, 0.1) is 29.6 Å². The van der Waals surface area contributed by atoms with Crippen LogP contribution in [0.5, 0.6) is 0 Å². The molecule has 2 saturated heterocycles. The zero-order chi connectivity index (χ0) is 84.0. The number of likely N-dealkylation sites (tertiary alicyclic amines) is 1. The topological polar surface area (TPSA) is 363 Å². The van der Waals surface area contributed by atoms with Crippen molar-refractivity contribution < 1.29 is 71.7 Å². The van der Waals surface area contributed by atoms with Crippen LogP contribution >= 0.6 is 46.6 Å². The Morgan fingerprint density at radius 2 is 1.40 bits per heavy atom. The summed E-state index contributed by atoms with van der Waals surface area (Å²) in [5, 5.41) is 19.7. The molecule has 4 bridgehead atoms. The van der Waals surface area contributed by atoms with Gasteiger partial charge >= 0.3 is 12.1 Å². The normalized spacial score (nSPS) is 19.5. The minimum Gasteiger partial charge on any atom is -0.445 e. The lowest BCUT2D eigenvalue weighted by Crippen LogP contribution is -2.60. The number of thiazole rings is 1. The van der Waals surface area contributed by atoms with Gasteiger partial charge in [0.25, 0.3) is 0 Å². The number of urea groups is 1. The number of benzene rings is 2. The van der Waals surface area contributed by atoms with Crippen LogP contribution in [-0.4, -0.2) is 238 Å². The van der Waals surface area contributed by atoms with Crippen molar-refractivity contribution in [2.75, 3.05) is 89.7 Å². The third-order valence-corrected chi connectivity index (χ3v) is 24.7. The van der Waals surface area contributed by atoms with Crippen molar-refractivity contribution in [2.24, 2.45) is 35.3 Å². The Hall–Kier alpha value is -8.76. The van der Waals surface area contributed by atoms with E-state index in [0.29, 0.717) is 55.0 Å². The van der Waals surface area contributed by atoms with Crippen molar-refractivity contribution in [3.05, 3.63) is 129 Å². The third-order valence-electron chi connectivity index (χ3n) is 20.9. The second kappa shape index (κ2) is 46.8. The van der Waals surface area contributed by atoms with E-state index in [2.05, 4.69) is 43.0 Å². The van der Waals surface area contributed by atoms with Gasteiger partial charge in [-0.1, -0.05) is 129 Å². The number of thioether (sulfide) groups is 3. The molecule has 0 spiro atoms. The number of rotatable bonds is 38. The van der Waals surface area contributed by atoms with Crippen LogP contribution in [0.2, 0.25) is 0 Å². The number of likely N-dealkylation sites (N-methyl/N-ethyl adjacent to an activating group) is 2. The van der Waals surface area contributed by atoms with Crippen molar-refractivity contribution in [1.82, 2.24) is 61.0 Å². The molecular weight excluding hydrogens is 1550 g/mol. The van der Waals surface area contributed by atoms with E-state index in [9.17, 15) is 57.5 Å². The van der Waals surface area contributed by atoms with Crippen molar-refractivity contribution in [2.45, 2.75) is 188 Å². The number of anilines is 1. The van der Waals surface area contributed by atoms with Gasteiger partial charge in [-0.05, 0) is 97.3 Å². The molecule has 0 radical (unpaired) electrons. The molecule has 29 nitrogen and oxygen atoms in total. The molecule has 630 valence electrons. The van der Waals surface area contributed by atoms with Gasteiger partial charge in [-0.2, -0.15) is 11.8 Å². The summed E-state index contributed by atoms with van der Waals surface area (Å²) in [6.45, 7) is 16.8. The molecule has 8 N–H and O–H groups in total. The number of methoxy groups -OCH3 is 2. The summed E-state index contributed by atoms with van der Waals surface area (Å²) in [4.78, 5) is 182. The highest BCUT2D eigenvalue weighted by Gasteiger charge is 2.45. The van der Waals surface area contributed by atoms with Crippen molar-refractivity contribution >= 4 is 124 Å². The average Bonchev–Trinajstić information content (AvgIpc) is 1.78. The summed E-state index contributed by atoms with van der Waals surface area (Å²) in [5.41, 5.74) is 7.19. The minimum absolute atomic E-state index is 0.00962. The van der Waals surface area contributed by atoms with Gasteiger partial charge in [-0.25, -0.2) is 14.6 Å². The molecule has 11 atom stereocenters. The first-order valence-electron chi connectivity index (χ1n) is 39.4. The number of hydrogen-bond donors (Lipinski definition) is 7. The number of ether oxygens (including phenoxy) is 3. The first-order valence-corrected chi connectivity index (χ1v) is 43.5. The third kappa shape index (κ3) is 28.3. The number of hydrogen-bond acceptors (Lipinski definition) is 20. The Morgan fingerprint density at radius 3 is 2.02 bits per heavy atom. The molecule has 115 heavy (non-hydrogen) atoms. The maximum absolute atomic E-state index is 15.0. The summed E-state index contributed by atoms with van der Waals surface area (Å²) in [6.07, 6.45) is 14.4. The summed E-state index contributed by atoms with van der Waals surface area (Å²) >= 11 is 5.77. The zero-order valence-corrected chi connectivity index (χ0v) is 71.8. The maximum atomic E-state index is 15.0. The lowest BCUT2D eigenvalue weighted by molar-refractivity contribution is -0.158. The Balaban J connectivity index is 0.901. The summed E-state index contributed by atoms with van der Waals surface area (Å²) in [7, 11) is 6.15. The number of carbonyl (C=O) groups excluding carboxylic acids is 12. The number of fused-ring (bicyclic) bond motifs is 3. The quantitative estimate of drug-likeness (QED) is 0.0264. The van der Waals surface area contributed by atoms with Gasteiger partial charge in [-0.3, -0.25) is 52.8 Å². The van der Waals surface area contributed by atoms with Crippen LogP contribution in [0.4, 0.5) is 15.3 Å². The summed E-state index contributed by atoms with van der Waals surface area (Å²) in [6, 6.07) is 9.64. The Kier molecular flexibility index (Phi) is 38.0. The Bertz CT molecular complexity index is 3870. The van der Waals surface area contributed by atoms with Crippen LogP contribution in [0.3, 0.4) is 0 Å². The van der Waals surface area contributed by atoms with Crippen molar-refractivity contribution in [3.63, 3.8) is 0 Å². The highest BCUT2D eigenvalue weighted by atomic mass is 32.2. The van der Waals surface area contributed by atoms with Gasteiger partial charge in [0.15, 0.2) is 0 Å². The monoisotopic (exact) mass is 1670 g/mol. The molecule has 13 amide bonds. The number of primary amides is 1. The van der Waals surface area contributed by atoms with Crippen LogP contribution in [-0.2, 0) is 75.2 Å². The molecular formula is C82H118N14O15S4. The van der Waals surface area contributed by atoms with E-state index >= 15 is 0 Å². The minimum atomic E-state index is -1.16. The molecule has 0 saturated carbocycles. The number of aromatic nitrogens is 1. The summed E-state index contributed by atoms with van der Waals surface area (Å²) < 4.78 is 18.0. The first-order chi connectivity index (χ1) is 54.9. The van der Waals surface area contributed by atoms with E-state index in [4.69, 9.17) is 19.9 Å². The number of nitrogens with two attached hydrogens (primary N) is 1. The largest absolute Gasteiger partial charge is 0.445 e. The zero-order valence-electron chi connectivity index (χ0n) is 68.5. The predicted molar refractivity (Wildman–Crippen MR) is 449 cm³/mol. The van der Waals surface area contributed by atoms with Crippen LogP contribution < -0.4 is 37.6 Å². The second-order valence-corrected chi connectivity index (χ2v) is 34.7. The maximum Gasteiger partial charge on any atom is 0.410 e. The van der Waals surface area contributed by atoms with E-state index in [1.54, 1.807) is 106 Å². The van der Waals surface area contributed by atoms with Crippen molar-refractivity contribution in [1.29, 1.82) is 0 Å². The molecule has 7 rings (SSSR count). The fourth-order valence-corrected chi connectivity index (χ4v) is 17.6. The van der Waals surface area contributed by atoms with Crippen LogP contribution in [0.25, 0.3) is 0 Å². The van der Waals surface area contributed by atoms with E-state index in [1.165, 1.54) is 56.9 Å². The molecule has 3 aliphatic heterocycles. The molecule has 33 heteroatoms. The number of carbonyl (C=O) groups is 12. The van der Waals surface area contributed by atoms with Crippen LogP contribution in [0.1, 0.15) is 142 Å². The Labute approximate surface area is 693 Å². The van der Waals surface area contributed by atoms with Gasteiger partial charge in [0, 0.05) is 105 Å². The number of nitrogens with zero attached hydrogens (tertiary/aromatic N) is 7. The molecule has 2 fully saturated rings.